The van der Waals surface area contributed by atoms with Gasteiger partial charge in [0, 0.05) is 5.56 Å². The number of halogens is 6. The lowest BCUT2D eigenvalue weighted by molar-refractivity contribution is 0.421. The van der Waals surface area contributed by atoms with E-state index in [1.807, 2.05) is 0 Å². The summed E-state index contributed by atoms with van der Waals surface area (Å²) in [5.41, 5.74) is -2.19. The van der Waals surface area contributed by atoms with Gasteiger partial charge in [0.2, 0.25) is 5.82 Å². The highest BCUT2D eigenvalue weighted by atomic mass is 19.2. The fourth-order valence-corrected chi connectivity index (χ4v) is 2.45. The minimum absolute atomic E-state index is 0.0600. The number of nitrogens with zero attached hydrogens (tertiary/aromatic N) is 1. The van der Waals surface area contributed by atoms with Crippen LogP contribution in [0.2, 0.25) is 0 Å². The molecule has 0 aliphatic heterocycles. The zero-order valence-corrected chi connectivity index (χ0v) is 11.7. The molecule has 0 fully saturated rings. The van der Waals surface area contributed by atoms with Gasteiger partial charge < -0.3 is 0 Å². The van der Waals surface area contributed by atoms with E-state index in [0.29, 0.717) is 6.42 Å². The molecule has 2 rings (SSSR count). The van der Waals surface area contributed by atoms with E-state index in [9.17, 15) is 26.3 Å². The maximum absolute atomic E-state index is 14.4. The summed E-state index contributed by atoms with van der Waals surface area (Å²) in [6.45, 7) is 2.91. The molecule has 2 aromatic rings. The highest BCUT2D eigenvalue weighted by molar-refractivity contribution is 6.16. The summed E-state index contributed by atoms with van der Waals surface area (Å²) in [5.74, 6) is -11.1. The summed E-state index contributed by atoms with van der Waals surface area (Å²) < 4.78 is 82.6. The normalized spacial score (nSPS) is 14.4. The van der Waals surface area contributed by atoms with Crippen LogP contribution in [0.4, 0.5) is 26.3 Å². The monoisotopic (exact) mass is 317 g/mol. The Morgan fingerprint density at radius 2 is 1.50 bits per heavy atom. The Balaban J connectivity index is 2.98. The molecule has 0 amide bonds. The molecule has 116 valence electrons. The van der Waals surface area contributed by atoms with Gasteiger partial charge in [0.1, 0.15) is 11.3 Å². The van der Waals surface area contributed by atoms with Gasteiger partial charge >= 0.3 is 0 Å². The standard InChI is InChI=1S/C14H10BF6N/c1-3-4-14(2,15)6-7(16)5-8(17)11(20)13(21)22-12(5)10(19)9(6)18/h3-4H2,1-2H3. The highest BCUT2D eigenvalue weighted by Gasteiger charge is 2.34. The fraction of sp³-hybridized carbons (Fsp3) is 0.357. The first-order valence-electron chi connectivity index (χ1n) is 6.43. The minimum atomic E-state index is -2.07. The first-order valence-corrected chi connectivity index (χ1v) is 6.43. The Kier molecular flexibility index (Phi) is 4.15. The second-order valence-corrected chi connectivity index (χ2v) is 5.24. The third-order valence-electron chi connectivity index (χ3n) is 3.44. The zero-order valence-electron chi connectivity index (χ0n) is 11.7. The number of aromatic nitrogens is 1. The predicted octanol–water partition coefficient (Wildman–Crippen LogP) is 4.25. The molecule has 1 aromatic heterocycles. The molecule has 1 heterocycles. The molecule has 1 nitrogen and oxygen atoms in total. The van der Waals surface area contributed by atoms with Crippen LogP contribution in [0, 0.1) is 35.0 Å². The molecule has 22 heavy (non-hydrogen) atoms. The van der Waals surface area contributed by atoms with E-state index in [1.54, 1.807) is 6.92 Å². The van der Waals surface area contributed by atoms with Gasteiger partial charge in [-0.3, -0.25) is 0 Å². The van der Waals surface area contributed by atoms with Crippen LogP contribution in [0.25, 0.3) is 10.9 Å². The lowest BCUT2D eigenvalue weighted by atomic mass is 9.62. The third kappa shape index (κ3) is 2.34. The molecule has 0 spiro atoms. The molecule has 1 unspecified atom stereocenters. The first-order chi connectivity index (χ1) is 10.1. The second-order valence-electron chi connectivity index (χ2n) is 5.24. The van der Waals surface area contributed by atoms with Gasteiger partial charge in [-0.15, -0.1) is 0 Å². The second kappa shape index (κ2) is 5.48. The summed E-state index contributed by atoms with van der Waals surface area (Å²) in [5, 5.41) is -2.92. The number of fused-ring (bicyclic) bond motifs is 1. The number of hydrogen-bond acceptors (Lipinski definition) is 1. The van der Waals surface area contributed by atoms with Gasteiger partial charge in [-0.2, -0.15) is 8.78 Å². The molecular formula is C14H10BF6N. The zero-order chi connectivity index (χ0) is 16.8. The van der Waals surface area contributed by atoms with Crippen molar-refractivity contribution in [1.82, 2.24) is 4.98 Å². The van der Waals surface area contributed by atoms with Crippen LogP contribution in [-0.4, -0.2) is 12.8 Å². The van der Waals surface area contributed by atoms with Gasteiger partial charge in [-0.1, -0.05) is 26.7 Å². The van der Waals surface area contributed by atoms with Gasteiger partial charge in [-0.25, -0.2) is 22.5 Å². The average Bonchev–Trinajstić information content (AvgIpc) is 2.41. The number of pyridine rings is 1. The summed E-state index contributed by atoms with van der Waals surface area (Å²) in [6, 6.07) is 0. The van der Waals surface area contributed by atoms with Gasteiger partial charge in [0.05, 0.1) is 13.2 Å². The Morgan fingerprint density at radius 3 is 2.05 bits per heavy atom. The molecule has 0 N–H and O–H groups in total. The lowest BCUT2D eigenvalue weighted by Gasteiger charge is -2.27. The van der Waals surface area contributed by atoms with E-state index in [0.717, 1.165) is 0 Å². The van der Waals surface area contributed by atoms with Crippen molar-refractivity contribution in [3.8, 4) is 0 Å². The smallest absolute Gasteiger partial charge is 0.214 e. The predicted molar refractivity (Wildman–Crippen MR) is 69.5 cm³/mol. The van der Waals surface area contributed by atoms with E-state index >= 15 is 0 Å². The van der Waals surface area contributed by atoms with E-state index < -0.39 is 56.8 Å². The molecule has 8 heteroatoms. The Morgan fingerprint density at radius 1 is 0.909 bits per heavy atom. The molecule has 0 aliphatic rings. The maximum Gasteiger partial charge on any atom is 0.252 e. The van der Waals surface area contributed by atoms with Gasteiger partial charge in [0.25, 0.3) is 5.95 Å². The van der Waals surface area contributed by atoms with Crippen LogP contribution in [-0.2, 0) is 5.31 Å². The number of hydrogen-bond donors (Lipinski definition) is 0. The third-order valence-corrected chi connectivity index (χ3v) is 3.44. The largest absolute Gasteiger partial charge is 0.252 e. The Labute approximate surface area is 123 Å². The van der Waals surface area contributed by atoms with Gasteiger partial charge in [0.15, 0.2) is 17.5 Å². The van der Waals surface area contributed by atoms with Crippen LogP contribution in [0.1, 0.15) is 32.3 Å². The molecule has 0 saturated heterocycles. The van der Waals surface area contributed by atoms with E-state index in [-0.39, 0.29) is 6.42 Å². The van der Waals surface area contributed by atoms with Crippen molar-refractivity contribution < 1.29 is 26.3 Å². The maximum atomic E-state index is 14.4. The number of rotatable bonds is 3. The SMILES string of the molecule is [B]C(C)(CCC)c1c(F)c(F)c2nc(F)c(F)c(F)c2c1F. The molecule has 0 aliphatic carbocycles. The lowest BCUT2D eigenvalue weighted by Crippen LogP contribution is -2.26. The fourth-order valence-electron chi connectivity index (χ4n) is 2.45. The Hall–Kier alpha value is -1.73. The summed E-state index contributed by atoms with van der Waals surface area (Å²) in [7, 11) is 5.77. The van der Waals surface area contributed by atoms with Crippen molar-refractivity contribution in [1.29, 1.82) is 0 Å². The van der Waals surface area contributed by atoms with Crippen molar-refractivity contribution in [2.24, 2.45) is 0 Å². The van der Waals surface area contributed by atoms with E-state index in [2.05, 4.69) is 4.98 Å². The molecule has 0 bridgehead atoms. The average molecular weight is 317 g/mol. The van der Waals surface area contributed by atoms with Crippen molar-refractivity contribution in [3.05, 3.63) is 40.6 Å². The molecular weight excluding hydrogens is 307 g/mol. The van der Waals surface area contributed by atoms with Crippen molar-refractivity contribution in [3.63, 3.8) is 0 Å². The van der Waals surface area contributed by atoms with Crippen LogP contribution < -0.4 is 0 Å². The van der Waals surface area contributed by atoms with Crippen molar-refractivity contribution in [2.45, 2.75) is 32.0 Å². The summed E-state index contributed by atoms with van der Waals surface area (Å²) >= 11 is 0. The minimum Gasteiger partial charge on any atom is -0.214 e. The summed E-state index contributed by atoms with van der Waals surface area (Å²) in [6.07, 6.45) is 0.467. The van der Waals surface area contributed by atoms with E-state index in [4.69, 9.17) is 7.85 Å². The van der Waals surface area contributed by atoms with Crippen molar-refractivity contribution in [2.75, 3.05) is 0 Å². The van der Waals surface area contributed by atoms with Crippen LogP contribution in [0.3, 0.4) is 0 Å². The first kappa shape index (κ1) is 16.6. The van der Waals surface area contributed by atoms with Crippen molar-refractivity contribution >= 4 is 18.7 Å². The quantitative estimate of drug-likeness (QED) is 0.357. The van der Waals surface area contributed by atoms with Crippen LogP contribution in [0.5, 0.6) is 0 Å². The summed E-state index contributed by atoms with van der Waals surface area (Å²) in [4.78, 5) is 2.75. The molecule has 0 saturated carbocycles. The van der Waals surface area contributed by atoms with Gasteiger partial charge in [-0.05, 0) is 5.31 Å². The molecule has 1 aromatic carbocycles. The van der Waals surface area contributed by atoms with Crippen LogP contribution in [0.15, 0.2) is 0 Å². The molecule has 1 atom stereocenters. The molecule has 2 radical (unpaired) electrons. The van der Waals surface area contributed by atoms with E-state index in [1.165, 1.54) is 6.92 Å². The van der Waals surface area contributed by atoms with Crippen LogP contribution >= 0.6 is 0 Å². The Bertz CT molecular complexity index is 759. The topological polar surface area (TPSA) is 12.9 Å². The highest BCUT2D eigenvalue weighted by Crippen LogP contribution is 2.37. The number of benzene rings is 1.